The number of anilines is 2. The summed E-state index contributed by atoms with van der Waals surface area (Å²) in [5, 5.41) is 0. The van der Waals surface area contributed by atoms with Gasteiger partial charge in [0.25, 0.3) is 0 Å². The smallest absolute Gasteiger partial charge is 0.225 e. The predicted molar refractivity (Wildman–Crippen MR) is 104 cm³/mol. The Bertz CT molecular complexity index is 962. The van der Waals surface area contributed by atoms with Crippen molar-refractivity contribution in [2.75, 3.05) is 36.0 Å². The number of rotatable bonds is 3. The van der Waals surface area contributed by atoms with Crippen LogP contribution in [0.4, 0.5) is 11.8 Å². The van der Waals surface area contributed by atoms with Gasteiger partial charge in [-0.05, 0) is 26.8 Å². The number of aromatic nitrogens is 6. The van der Waals surface area contributed by atoms with Gasteiger partial charge in [0.1, 0.15) is 6.33 Å². The summed E-state index contributed by atoms with van der Waals surface area (Å²) in [5.74, 6) is 3.05. The summed E-state index contributed by atoms with van der Waals surface area (Å²) >= 11 is 0. The standard InChI is InChI=1S/C19H24N8/c1-4-25-11-22-16-17(25)20-10-21-18(16)26-6-14-8-27(9-15(14)7-26)19-23-12(2)5-13(3)24-19/h5,10-11,14-15H,4,6-9H2,1-3H3. The minimum atomic E-state index is 0.604. The molecule has 5 rings (SSSR count). The highest BCUT2D eigenvalue weighted by atomic mass is 15.3. The minimum Gasteiger partial charge on any atom is -0.354 e. The maximum absolute atomic E-state index is 4.64. The van der Waals surface area contributed by atoms with E-state index in [1.54, 1.807) is 6.33 Å². The fourth-order valence-corrected chi connectivity index (χ4v) is 4.51. The van der Waals surface area contributed by atoms with Crippen LogP contribution in [-0.2, 0) is 6.54 Å². The summed E-state index contributed by atoms with van der Waals surface area (Å²) in [6, 6.07) is 2.03. The van der Waals surface area contributed by atoms with Crippen LogP contribution in [0.2, 0.25) is 0 Å². The molecule has 2 atom stereocenters. The number of imidazole rings is 1. The van der Waals surface area contributed by atoms with Gasteiger partial charge >= 0.3 is 0 Å². The molecular formula is C19H24N8. The van der Waals surface area contributed by atoms with E-state index in [9.17, 15) is 0 Å². The third-order valence-corrected chi connectivity index (χ3v) is 5.76. The zero-order valence-electron chi connectivity index (χ0n) is 16.0. The van der Waals surface area contributed by atoms with Crippen molar-refractivity contribution < 1.29 is 0 Å². The minimum absolute atomic E-state index is 0.604. The van der Waals surface area contributed by atoms with E-state index in [4.69, 9.17) is 0 Å². The van der Waals surface area contributed by atoms with E-state index in [1.165, 1.54) is 0 Å². The quantitative estimate of drug-likeness (QED) is 0.702. The van der Waals surface area contributed by atoms with Gasteiger partial charge in [0.2, 0.25) is 5.95 Å². The highest BCUT2D eigenvalue weighted by Gasteiger charge is 2.42. The van der Waals surface area contributed by atoms with Crippen molar-refractivity contribution >= 4 is 22.9 Å². The first-order valence-electron chi connectivity index (χ1n) is 9.60. The largest absolute Gasteiger partial charge is 0.354 e. The van der Waals surface area contributed by atoms with E-state index in [-0.39, 0.29) is 0 Å². The van der Waals surface area contributed by atoms with Gasteiger partial charge in [-0.1, -0.05) is 0 Å². The molecule has 0 spiro atoms. The van der Waals surface area contributed by atoms with Crippen molar-refractivity contribution in [1.29, 1.82) is 0 Å². The van der Waals surface area contributed by atoms with Gasteiger partial charge in [-0.15, -0.1) is 0 Å². The molecule has 27 heavy (non-hydrogen) atoms. The van der Waals surface area contributed by atoms with E-state index in [1.807, 2.05) is 26.2 Å². The topological polar surface area (TPSA) is 75.9 Å². The van der Waals surface area contributed by atoms with Gasteiger partial charge in [-0.2, -0.15) is 0 Å². The second kappa shape index (κ2) is 6.14. The lowest BCUT2D eigenvalue weighted by molar-refractivity contribution is 0.533. The van der Waals surface area contributed by atoms with Crippen molar-refractivity contribution in [3.63, 3.8) is 0 Å². The Hall–Kier alpha value is -2.77. The first-order valence-corrected chi connectivity index (χ1v) is 9.60. The number of hydrogen-bond acceptors (Lipinski definition) is 7. The third kappa shape index (κ3) is 2.70. The van der Waals surface area contributed by atoms with Gasteiger partial charge in [0, 0.05) is 55.9 Å². The molecule has 8 heteroatoms. The first-order chi connectivity index (χ1) is 13.1. The fourth-order valence-electron chi connectivity index (χ4n) is 4.51. The lowest BCUT2D eigenvalue weighted by Gasteiger charge is -2.22. The van der Waals surface area contributed by atoms with Crippen molar-refractivity contribution in [1.82, 2.24) is 29.5 Å². The zero-order valence-corrected chi connectivity index (χ0v) is 16.0. The van der Waals surface area contributed by atoms with Gasteiger partial charge in [0.05, 0.1) is 6.33 Å². The predicted octanol–water partition coefficient (Wildman–Crippen LogP) is 1.83. The Morgan fingerprint density at radius 2 is 1.59 bits per heavy atom. The summed E-state index contributed by atoms with van der Waals surface area (Å²) < 4.78 is 2.07. The van der Waals surface area contributed by atoms with Crippen LogP contribution in [0.15, 0.2) is 18.7 Å². The van der Waals surface area contributed by atoms with Crippen LogP contribution in [0, 0.1) is 25.7 Å². The molecule has 3 aromatic rings. The summed E-state index contributed by atoms with van der Waals surface area (Å²) in [5.41, 5.74) is 3.90. The van der Waals surface area contributed by atoms with Gasteiger partial charge in [-0.3, -0.25) is 0 Å². The van der Waals surface area contributed by atoms with Crippen molar-refractivity contribution in [3.05, 3.63) is 30.1 Å². The fraction of sp³-hybridized carbons (Fsp3) is 0.526. The first kappa shape index (κ1) is 16.4. The highest BCUT2D eigenvalue weighted by Crippen LogP contribution is 2.36. The number of nitrogens with zero attached hydrogens (tertiary/aromatic N) is 8. The number of fused-ring (bicyclic) bond motifs is 2. The molecule has 0 bridgehead atoms. The normalized spacial score (nSPS) is 22.0. The Balaban J connectivity index is 1.36. The zero-order chi connectivity index (χ0) is 18.5. The number of aryl methyl sites for hydroxylation is 3. The molecule has 2 aliphatic rings. The molecule has 0 radical (unpaired) electrons. The average molecular weight is 364 g/mol. The Morgan fingerprint density at radius 1 is 0.926 bits per heavy atom. The summed E-state index contributed by atoms with van der Waals surface area (Å²) in [4.78, 5) is 27.6. The van der Waals surface area contributed by atoms with Gasteiger partial charge in [0.15, 0.2) is 17.0 Å². The summed E-state index contributed by atoms with van der Waals surface area (Å²) in [6.45, 7) is 11.0. The van der Waals surface area contributed by atoms with E-state index >= 15 is 0 Å². The maximum Gasteiger partial charge on any atom is 0.225 e. The van der Waals surface area contributed by atoms with Gasteiger partial charge < -0.3 is 14.4 Å². The molecule has 3 aromatic heterocycles. The molecule has 2 unspecified atom stereocenters. The van der Waals surface area contributed by atoms with Crippen LogP contribution >= 0.6 is 0 Å². The maximum atomic E-state index is 4.64. The molecule has 5 heterocycles. The van der Waals surface area contributed by atoms with E-state index in [0.717, 1.165) is 67.0 Å². The summed E-state index contributed by atoms with van der Waals surface area (Å²) in [6.07, 6.45) is 3.52. The molecule has 0 N–H and O–H groups in total. The van der Waals surface area contributed by atoms with E-state index < -0.39 is 0 Å². The monoisotopic (exact) mass is 364 g/mol. The second-order valence-electron chi connectivity index (χ2n) is 7.68. The van der Waals surface area contributed by atoms with Crippen molar-refractivity contribution in [2.24, 2.45) is 11.8 Å². The SMILES string of the molecule is CCn1cnc2c(N3CC4CN(c5nc(C)cc(C)n5)CC4C3)ncnc21. The molecule has 140 valence electrons. The van der Waals surface area contributed by atoms with Crippen LogP contribution in [0.1, 0.15) is 18.3 Å². The van der Waals surface area contributed by atoms with Crippen molar-refractivity contribution in [2.45, 2.75) is 27.3 Å². The lowest BCUT2D eigenvalue weighted by atomic mass is 10.0. The highest BCUT2D eigenvalue weighted by molar-refractivity contribution is 5.83. The summed E-state index contributed by atoms with van der Waals surface area (Å²) in [7, 11) is 0. The van der Waals surface area contributed by atoms with Gasteiger partial charge in [-0.25, -0.2) is 24.9 Å². The van der Waals surface area contributed by atoms with Crippen molar-refractivity contribution in [3.8, 4) is 0 Å². The van der Waals surface area contributed by atoms with Crippen LogP contribution < -0.4 is 9.80 Å². The van der Waals surface area contributed by atoms with E-state index in [2.05, 4.69) is 46.2 Å². The lowest BCUT2D eigenvalue weighted by Crippen LogP contribution is -2.30. The Morgan fingerprint density at radius 3 is 2.26 bits per heavy atom. The average Bonchev–Trinajstić information content (AvgIpc) is 3.33. The molecule has 0 aliphatic carbocycles. The molecule has 2 saturated heterocycles. The van der Waals surface area contributed by atoms with Crippen LogP contribution in [0.5, 0.6) is 0 Å². The third-order valence-electron chi connectivity index (χ3n) is 5.76. The van der Waals surface area contributed by atoms with Crippen LogP contribution in [0.25, 0.3) is 11.2 Å². The number of hydrogen-bond donors (Lipinski definition) is 0. The van der Waals surface area contributed by atoms with Crippen LogP contribution in [-0.4, -0.2) is 55.7 Å². The Kier molecular flexibility index (Phi) is 3.73. The molecule has 0 aromatic carbocycles. The second-order valence-corrected chi connectivity index (χ2v) is 7.68. The molecular weight excluding hydrogens is 340 g/mol. The Labute approximate surface area is 158 Å². The molecule has 2 aliphatic heterocycles. The van der Waals surface area contributed by atoms with E-state index in [0.29, 0.717) is 11.8 Å². The molecule has 2 fully saturated rings. The molecule has 0 amide bonds. The van der Waals surface area contributed by atoms with Crippen LogP contribution in [0.3, 0.4) is 0 Å². The molecule has 8 nitrogen and oxygen atoms in total. The molecule has 0 saturated carbocycles.